The molecule has 2 rings (SSSR count). The third-order valence-electron chi connectivity index (χ3n) is 6.94. The molecule has 0 radical (unpaired) electrons. The van der Waals surface area contributed by atoms with Gasteiger partial charge in [0.25, 0.3) is 0 Å². The van der Waals surface area contributed by atoms with Crippen molar-refractivity contribution in [3.63, 3.8) is 0 Å². The first kappa shape index (κ1) is 20.5. The number of carboxylic acids is 1. The molecule has 4 nitrogen and oxygen atoms in total. The van der Waals surface area contributed by atoms with Crippen molar-refractivity contribution in [2.45, 2.75) is 65.4 Å². The van der Waals surface area contributed by atoms with Crippen LogP contribution in [0.15, 0.2) is 37.0 Å². The lowest BCUT2D eigenvalue weighted by atomic mass is 9.46. The molecule has 0 saturated heterocycles. The van der Waals surface area contributed by atoms with Crippen molar-refractivity contribution in [3.8, 4) is 0 Å². The molecule has 4 heteroatoms. The van der Waals surface area contributed by atoms with Crippen LogP contribution in [0.5, 0.6) is 0 Å². The molecule has 1 N–H and O–H groups in total. The van der Waals surface area contributed by atoms with Crippen molar-refractivity contribution in [1.82, 2.24) is 0 Å². The Labute approximate surface area is 157 Å². The molecule has 2 saturated carbocycles. The maximum atomic E-state index is 12.1. The van der Waals surface area contributed by atoms with E-state index in [-0.39, 0.29) is 23.2 Å². The van der Waals surface area contributed by atoms with Gasteiger partial charge in [0, 0.05) is 6.92 Å². The van der Waals surface area contributed by atoms with Crippen LogP contribution in [0.25, 0.3) is 0 Å². The van der Waals surface area contributed by atoms with E-state index in [1.807, 2.05) is 6.92 Å². The van der Waals surface area contributed by atoms with Crippen molar-refractivity contribution < 1.29 is 19.4 Å². The summed E-state index contributed by atoms with van der Waals surface area (Å²) in [5, 5.41) is 9.91. The number of carbonyl (C=O) groups is 2. The summed E-state index contributed by atoms with van der Waals surface area (Å²) in [7, 11) is 0. The van der Waals surface area contributed by atoms with Crippen LogP contribution < -0.4 is 0 Å². The van der Waals surface area contributed by atoms with Gasteiger partial charge >= 0.3 is 11.9 Å². The Morgan fingerprint density at radius 3 is 2.58 bits per heavy atom. The molecule has 0 heterocycles. The van der Waals surface area contributed by atoms with Gasteiger partial charge in [-0.2, -0.15) is 0 Å². The summed E-state index contributed by atoms with van der Waals surface area (Å²) >= 11 is 0. The van der Waals surface area contributed by atoms with Gasteiger partial charge in [0.1, 0.15) is 6.10 Å². The Hall–Kier alpha value is -1.84. The highest BCUT2D eigenvalue weighted by atomic mass is 16.5. The first-order chi connectivity index (χ1) is 12.1. The molecule has 0 bridgehead atoms. The third-order valence-corrected chi connectivity index (χ3v) is 6.94. The highest BCUT2D eigenvalue weighted by Crippen LogP contribution is 2.62. The molecule has 0 amide bonds. The summed E-state index contributed by atoms with van der Waals surface area (Å²) in [4.78, 5) is 23.6. The molecule has 2 fully saturated rings. The molecule has 2 aliphatic carbocycles. The van der Waals surface area contributed by atoms with Crippen LogP contribution in [-0.4, -0.2) is 23.1 Å². The van der Waals surface area contributed by atoms with Gasteiger partial charge in [-0.1, -0.05) is 44.7 Å². The van der Waals surface area contributed by atoms with Crippen molar-refractivity contribution in [3.05, 3.63) is 37.0 Å². The number of hydrogen-bond donors (Lipinski definition) is 1. The maximum absolute atomic E-state index is 12.1. The van der Waals surface area contributed by atoms with Crippen molar-refractivity contribution in [2.75, 3.05) is 0 Å². The second kappa shape index (κ2) is 7.42. The molecule has 5 atom stereocenters. The summed E-state index contributed by atoms with van der Waals surface area (Å²) in [5.74, 6) is -0.861. The largest absolute Gasteiger partial charge is 0.481 e. The second-order valence-electron chi connectivity index (χ2n) is 8.50. The van der Waals surface area contributed by atoms with Crippen LogP contribution in [0.1, 0.15) is 59.3 Å². The van der Waals surface area contributed by atoms with Gasteiger partial charge in [-0.05, 0) is 61.9 Å². The summed E-state index contributed by atoms with van der Waals surface area (Å²) in [5.41, 5.74) is 0.932. The minimum Gasteiger partial charge on any atom is -0.481 e. The minimum absolute atomic E-state index is 0.0896. The SMILES string of the molecule is C=CC(=C)[C@@H](C[C@H]1C(=C)CC[C@@H]2[C@]1(C)CCC[C@]2(C)C(=O)O)OC(C)=O. The Balaban J connectivity index is 2.38. The first-order valence-corrected chi connectivity index (χ1v) is 9.45. The zero-order valence-corrected chi connectivity index (χ0v) is 16.3. The summed E-state index contributed by atoms with van der Waals surface area (Å²) < 4.78 is 5.51. The van der Waals surface area contributed by atoms with E-state index in [0.717, 1.165) is 31.3 Å². The molecule has 2 aliphatic rings. The van der Waals surface area contributed by atoms with Crippen LogP contribution in [0, 0.1) is 22.7 Å². The molecule has 26 heavy (non-hydrogen) atoms. The fourth-order valence-electron chi connectivity index (χ4n) is 5.46. The Kier molecular flexibility index (Phi) is 5.84. The van der Waals surface area contributed by atoms with Gasteiger partial charge in [0.2, 0.25) is 0 Å². The summed E-state index contributed by atoms with van der Waals surface area (Å²) in [6, 6.07) is 0. The zero-order chi connectivity index (χ0) is 19.7. The van der Waals surface area contributed by atoms with Crippen molar-refractivity contribution >= 4 is 11.9 Å². The average molecular weight is 360 g/mol. The Morgan fingerprint density at radius 1 is 1.38 bits per heavy atom. The molecule has 0 aromatic carbocycles. The van der Waals surface area contributed by atoms with Crippen LogP contribution in [0.3, 0.4) is 0 Å². The number of fused-ring (bicyclic) bond motifs is 1. The van der Waals surface area contributed by atoms with E-state index >= 15 is 0 Å². The summed E-state index contributed by atoms with van der Waals surface area (Å²) in [6.45, 7) is 17.5. The Bertz CT molecular complexity index is 634. The highest BCUT2D eigenvalue weighted by Gasteiger charge is 2.57. The quantitative estimate of drug-likeness (QED) is 0.415. The topological polar surface area (TPSA) is 63.6 Å². The molecule has 0 aliphatic heterocycles. The number of esters is 1. The minimum atomic E-state index is -0.710. The lowest BCUT2D eigenvalue weighted by Gasteiger charge is -2.57. The lowest BCUT2D eigenvalue weighted by molar-refractivity contribution is -0.165. The van der Waals surface area contributed by atoms with Gasteiger partial charge in [-0.3, -0.25) is 9.59 Å². The smallest absolute Gasteiger partial charge is 0.309 e. The second-order valence-corrected chi connectivity index (χ2v) is 8.50. The van der Waals surface area contributed by atoms with Crippen molar-refractivity contribution in [1.29, 1.82) is 0 Å². The fourth-order valence-corrected chi connectivity index (χ4v) is 5.46. The molecule has 0 aromatic heterocycles. The van der Waals surface area contributed by atoms with Gasteiger partial charge in [-0.15, -0.1) is 0 Å². The molecular formula is C22H32O4. The Morgan fingerprint density at radius 2 is 2.04 bits per heavy atom. The van der Waals surface area contributed by atoms with E-state index in [9.17, 15) is 14.7 Å². The van der Waals surface area contributed by atoms with Crippen LogP contribution in [-0.2, 0) is 14.3 Å². The predicted molar refractivity (Wildman–Crippen MR) is 103 cm³/mol. The van der Waals surface area contributed by atoms with E-state index in [1.165, 1.54) is 6.92 Å². The summed E-state index contributed by atoms with van der Waals surface area (Å²) in [6.07, 6.45) is 6.02. The monoisotopic (exact) mass is 360 g/mol. The van der Waals surface area contributed by atoms with Crippen LogP contribution in [0.2, 0.25) is 0 Å². The number of allylic oxidation sites excluding steroid dienone is 1. The first-order valence-electron chi connectivity index (χ1n) is 9.45. The number of hydrogen-bond acceptors (Lipinski definition) is 3. The van der Waals surface area contributed by atoms with E-state index in [0.29, 0.717) is 18.4 Å². The van der Waals surface area contributed by atoms with Crippen LogP contribution >= 0.6 is 0 Å². The predicted octanol–water partition coefficient (Wildman–Crippen LogP) is 4.91. The zero-order valence-electron chi connectivity index (χ0n) is 16.3. The number of carboxylic acid groups (broad SMARTS) is 1. The van der Waals surface area contributed by atoms with Gasteiger partial charge in [-0.25, -0.2) is 0 Å². The third kappa shape index (κ3) is 3.51. The number of ether oxygens (including phenoxy) is 1. The normalized spacial score (nSPS) is 35.1. The maximum Gasteiger partial charge on any atom is 0.309 e. The van der Waals surface area contributed by atoms with E-state index < -0.39 is 17.5 Å². The number of rotatable bonds is 6. The van der Waals surface area contributed by atoms with Gasteiger partial charge < -0.3 is 9.84 Å². The number of aliphatic carboxylic acids is 1. The number of carbonyl (C=O) groups excluding carboxylic acids is 1. The molecule has 0 unspecified atom stereocenters. The van der Waals surface area contributed by atoms with E-state index in [1.54, 1.807) is 6.08 Å². The molecule has 0 aromatic rings. The highest BCUT2D eigenvalue weighted by molar-refractivity contribution is 5.75. The standard InChI is InChI=1S/C22H32O4/c1-7-14(2)18(26-16(4)23)13-17-15(3)9-10-19-21(17,5)11-8-12-22(19,6)20(24)25/h7,17-19H,1-3,8-13H2,4-6H3,(H,24,25)/t17-,18+,19+,21+,22-/m0/s1. The molecular weight excluding hydrogens is 328 g/mol. The van der Waals surface area contributed by atoms with Gasteiger partial charge in [0.05, 0.1) is 5.41 Å². The van der Waals surface area contributed by atoms with E-state index in [2.05, 4.69) is 26.7 Å². The van der Waals surface area contributed by atoms with Crippen molar-refractivity contribution in [2.24, 2.45) is 22.7 Å². The average Bonchev–Trinajstić information content (AvgIpc) is 2.55. The van der Waals surface area contributed by atoms with Crippen LogP contribution in [0.4, 0.5) is 0 Å². The fraction of sp³-hybridized carbons (Fsp3) is 0.636. The lowest BCUT2D eigenvalue weighted by Crippen LogP contribution is -2.54. The van der Waals surface area contributed by atoms with Gasteiger partial charge in [0.15, 0.2) is 0 Å². The van der Waals surface area contributed by atoms with E-state index in [4.69, 9.17) is 4.74 Å². The molecule has 0 spiro atoms. The molecule has 144 valence electrons.